The number of benzene rings is 1. The van der Waals surface area contributed by atoms with E-state index in [1.807, 2.05) is 6.92 Å². The molecule has 20 heavy (non-hydrogen) atoms. The highest BCUT2D eigenvalue weighted by Gasteiger charge is 2.21. The first-order chi connectivity index (χ1) is 9.54. The largest absolute Gasteiger partial charge is 0.493 e. The van der Waals surface area contributed by atoms with Crippen LogP contribution in [-0.4, -0.2) is 43.1 Å². The minimum atomic E-state index is -0.171. The van der Waals surface area contributed by atoms with Crippen LogP contribution in [0.25, 0.3) is 0 Å². The van der Waals surface area contributed by atoms with E-state index >= 15 is 0 Å². The third-order valence-corrected chi connectivity index (χ3v) is 2.89. The molecule has 2 N–H and O–H groups in total. The Hall–Kier alpha value is -1.82. The second-order valence-corrected chi connectivity index (χ2v) is 4.76. The predicted molar refractivity (Wildman–Crippen MR) is 82.5 cm³/mol. The van der Waals surface area contributed by atoms with Crippen molar-refractivity contribution < 1.29 is 14.3 Å². The Balaban J connectivity index is 3.13. The molecule has 1 rings (SSSR count). The van der Waals surface area contributed by atoms with Crippen LogP contribution in [0.1, 0.15) is 23.7 Å². The highest BCUT2D eigenvalue weighted by atomic mass is 32.1. The number of carbonyl (C=O) groups excluding carboxylic acids is 1. The summed E-state index contributed by atoms with van der Waals surface area (Å²) in [4.78, 5) is 14.5. The van der Waals surface area contributed by atoms with Crippen LogP contribution in [0.3, 0.4) is 0 Å². The average molecular weight is 296 g/mol. The van der Waals surface area contributed by atoms with Crippen LogP contribution in [0.15, 0.2) is 18.2 Å². The van der Waals surface area contributed by atoms with Gasteiger partial charge in [-0.05, 0) is 18.6 Å². The number of thiocarbonyl (C=S) groups is 1. The van der Waals surface area contributed by atoms with Gasteiger partial charge in [0.2, 0.25) is 0 Å². The lowest BCUT2D eigenvalue weighted by Crippen LogP contribution is -2.38. The van der Waals surface area contributed by atoms with Gasteiger partial charge in [-0.2, -0.15) is 0 Å². The van der Waals surface area contributed by atoms with Crippen LogP contribution >= 0.6 is 12.2 Å². The Morgan fingerprint density at radius 1 is 1.35 bits per heavy atom. The molecule has 0 saturated heterocycles. The third kappa shape index (κ3) is 3.84. The Labute approximate surface area is 124 Å². The highest BCUT2D eigenvalue weighted by molar-refractivity contribution is 7.80. The lowest BCUT2D eigenvalue weighted by Gasteiger charge is -2.23. The maximum absolute atomic E-state index is 12.6. The maximum atomic E-state index is 12.6. The van der Waals surface area contributed by atoms with Gasteiger partial charge in [0.15, 0.2) is 11.5 Å². The summed E-state index contributed by atoms with van der Waals surface area (Å²) < 4.78 is 10.5. The molecule has 0 aliphatic carbocycles. The fourth-order valence-electron chi connectivity index (χ4n) is 1.94. The van der Waals surface area contributed by atoms with Crippen molar-refractivity contribution >= 4 is 23.1 Å². The number of nitrogens with zero attached hydrogens (tertiary/aromatic N) is 1. The van der Waals surface area contributed by atoms with Crippen LogP contribution in [0.4, 0.5) is 0 Å². The average Bonchev–Trinajstić information content (AvgIpc) is 2.44. The highest BCUT2D eigenvalue weighted by Crippen LogP contribution is 2.31. The number of rotatable bonds is 7. The van der Waals surface area contributed by atoms with Gasteiger partial charge in [-0.3, -0.25) is 4.79 Å². The molecule has 6 heteroatoms. The minimum absolute atomic E-state index is 0.171. The number of nitrogens with two attached hydrogens (primary N) is 1. The molecule has 1 amide bonds. The number of amides is 1. The Morgan fingerprint density at radius 3 is 2.55 bits per heavy atom. The van der Waals surface area contributed by atoms with Crippen molar-refractivity contribution in [2.24, 2.45) is 5.73 Å². The molecule has 110 valence electrons. The minimum Gasteiger partial charge on any atom is -0.493 e. The summed E-state index contributed by atoms with van der Waals surface area (Å²) in [5.41, 5.74) is 5.99. The number of hydrogen-bond acceptors (Lipinski definition) is 4. The van der Waals surface area contributed by atoms with Crippen LogP contribution in [0.5, 0.6) is 11.5 Å². The predicted octanol–water partition coefficient (Wildman–Crippen LogP) is 1.84. The molecular weight excluding hydrogens is 276 g/mol. The molecule has 0 aliphatic heterocycles. The SMILES string of the molecule is CCCN(CC(N)=S)C(=O)c1cccc(OC)c1OC. The van der Waals surface area contributed by atoms with E-state index < -0.39 is 0 Å². The van der Waals surface area contributed by atoms with Gasteiger partial charge in [0.1, 0.15) is 0 Å². The lowest BCUT2D eigenvalue weighted by atomic mass is 10.1. The molecular formula is C14H20N2O3S. The van der Waals surface area contributed by atoms with Gasteiger partial charge in [0, 0.05) is 6.54 Å². The molecule has 0 atom stereocenters. The van der Waals surface area contributed by atoms with Gasteiger partial charge >= 0.3 is 0 Å². The van der Waals surface area contributed by atoms with Gasteiger partial charge in [0.05, 0.1) is 31.3 Å². The molecule has 5 nitrogen and oxygen atoms in total. The topological polar surface area (TPSA) is 64.8 Å². The molecule has 0 heterocycles. The number of hydrogen-bond donors (Lipinski definition) is 1. The number of carbonyl (C=O) groups is 1. The van der Waals surface area contributed by atoms with E-state index in [-0.39, 0.29) is 17.4 Å². The Kier molecular flexibility index (Phi) is 6.24. The lowest BCUT2D eigenvalue weighted by molar-refractivity contribution is 0.0776. The first kappa shape index (κ1) is 16.2. The first-order valence-corrected chi connectivity index (χ1v) is 6.74. The standard InChI is InChI=1S/C14H20N2O3S/c1-4-8-16(9-12(15)20)14(17)10-6-5-7-11(18-2)13(10)19-3/h5-7H,4,8-9H2,1-3H3,(H2,15,20). The summed E-state index contributed by atoms with van der Waals surface area (Å²) in [7, 11) is 3.04. The summed E-state index contributed by atoms with van der Waals surface area (Å²) in [5.74, 6) is 0.768. The third-order valence-electron chi connectivity index (χ3n) is 2.76. The van der Waals surface area contributed by atoms with E-state index in [2.05, 4.69) is 0 Å². The molecule has 0 bridgehead atoms. The van der Waals surface area contributed by atoms with Crippen LogP contribution in [-0.2, 0) is 0 Å². The summed E-state index contributed by atoms with van der Waals surface area (Å²) in [6.07, 6.45) is 0.820. The number of para-hydroxylation sites is 1. The Morgan fingerprint density at radius 2 is 2.05 bits per heavy atom. The summed E-state index contributed by atoms with van der Waals surface area (Å²) >= 11 is 4.89. The molecule has 0 fully saturated rings. The van der Waals surface area contributed by atoms with Crippen molar-refractivity contribution in [1.82, 2.24) is 4.90 Å². The smallest absolute Gasteiger partial charge is 0.258 e. The Bertz CT molecular complexity index is 491. The van der Waals surface area contributed by atoms with E-state index in [1.165, 1.54) is 14.2 Å². The van der Waals surface area contributed by atoms with Crippen molar-refractivity contribution in [3.8, 4) is 11.5 Å². The van der Waals surface area contributed by atoms with Crippen molar-refractivity contribution in [3.05, 3.63) is 23.8 Å². The van der Waals surface area contributed by atoms with Crippen molar-refractivity contribution in [2.45, 2.75) is 13.3 Å². The zero-order chi connectivity index (χ0) is 15.1. The monoisotopic (exact) mass is 296 g/mol. The van der Waals surface area contributed by atoms with Gasteiger partial charge in [0.25, 0.3) is 5.91 Å². The second kappa shape index (κ2) is 7.69. The van der Waals surface area contributed by atoms with Gasteiger partial charge in [-0.15, -0.1) is 0 Å². The summed E-state index contributed by atoms with van der Waals surface area (Å²) in [6.45, 7) is 2.82. The fourth-order valence-corrected chi connectivity index (χ4v) is 2.09. The zero-order valence-electron chi connectivity index (χ0n) is 12.0. The van der Waals surface area contributed by atoms with Crippen LogP contribution in [0, 0.1) is 0 Å². The van der Waals surface area contributed by atoms with Crippen molar-refractivity contribution in [2.75, 3.05) is 27.3 Å². The molecule has 0 aliphatic rings. The molecule has 1 aromatic carbocycles. The van der Waals surface area contributed by atoms with Crippen molar-refractivity contribution in [3.63, 3.8) is 0 Å². The van der Waals surface area contributed by atoms with Gasteiger partial charge in [-0.25, -0.2) is 0 Å². The fraction of sp³-hybridized carbons (Fsp3) is 0.429. The van der Waals surface area contributed by atoms with Gasteiger partial charge < -0.3 is 20.1 Å². The van der Waals surface area contributed by atoms with Crippen LogP contribution in [0.2, 0.25) is 0 Å². The molecule has 1 aromatic rings. The number of ether oxygens (including phenoxy) is 2. The zero-order valence-corrected chi connectivity index (χ0v) is 12.8. The van der Waals surface area contributed by atoms with E-state index in [0.29, 0.717) is 23.6 Å². The van der Waals surface area contributed by atoms with E-state index in [0.717, 1.165) is 6.42 Å². The maximum Gasteiger partial charge on any atom is 0.258 e. The summed E-state index contributed by atoms with van der Waals surface area (Å²) in [6, 6.07) is 5.19. The molecule has 0 radical (unpaired) electrons. The van der Waals surface area contributed by atoms with Crippen molar-refractivity contribution in [1.29, 1.82) is 0 Å². The van der Waals surface area contributed by atoms with Gasteiger partial charge in [-0.1, -0.05) is 25.2 Å². The molecule has 0 saturated carbocycles. The van der Waals surface area contributed by atoms with E-state index in [1.54, 1.807) is 23.1 Å². The molecule has 0 spiro atoms. The number of methoxy groups -OCH3 is 2. The quantitative estimate of drug-likeness (QED) is 0.778. The normalized spacial score (nSPS) is 9.95. The van der Waals surface area contributed by atoms with E-state index in [4.69, 9.17) is 27.4 Å². The summed E-state index contributed by atoms with van der Waals surface area (Å²) in [5, 5.41) is 0. The first-order valence-electron chi connectivity index (χ1n) is 6.33. The molecule has 0 unspecified atom stereocenters. The van der Waals surface area contributed by atoms with E-state index in [9.17, 15) is 4.79 Å². The second-order valence-electron chi connectivity index (χ2n) is 4.23. The molecule has 0 aromatic heterocycles. The van der Waals surface area contributed by atoms with Crippen LogP contribution < -0.4 is 15.2 Å².